The van der Waals surface area contributed by atoms with E-state index in [-0.39, 0.29) is 22.8 Å². The first-order valence-electron chi connectivity index (χ1n) is 8.15. The van der Waals surface area contributed by atoms with Crippen LogP contribution in [0, 0.1) is 5.82 Å². The maximum Gasteiger partial charge on any atom is 0.276 e. The van der Waals surface area contributed by atoms with E-state index in [1.54, 1.807) is 7.05 Å². The van der Waals surface area contributed by atoms with Crippen molar-refractivity contribution >= 4 is 34.1 Å². The molecule has 0 aliphatic carbocycles. The highest BCUT2D eigenvalue weighted by Crippen LogP contribution is 2.17. The molecule has 27 heavy (non-hydrogen) atoms. The quantitative estimate of drug-likeness (QED) is 0.590. The van der Waals surface area contributed by atoms with Gasteiger partial charge < -0.3 is 9.88 Å². The van der Waals surface area contributed by atoms with E-state index in [0.29, 0.717) is 16.6 Å². The van der Waals surface area contributed by atoms with Crippen LogP contribution in [-0.4, -0.2) is 20.1 Å². The third kappa shape index (κ3) is 2.96. The number of aryl methyl sites for hydroxylation is 1. The Balaban J connectivity index is 1.69. The summed E-state index contributed by atoms with van der Waals surface area (Å²) in [7, 11) is 1.67. The summed E-state index contributed by atoms with van der Waals surface area (Å²) >= 11 is 5.97. The van der Waals surface area contributed by atoms with Crippen molar-refractivity contribution in [2.45, 2.75) is 6.54 Å². The highest BCUT2D eigenvalue weighted by Gasteiger charge is 2.16. The first-order valence-corrected chi connectivity index (χ1v) is 8.53. The van der Waals surface area contributed by atoms with Crippen LogP contribution in [0.1, 0.15) is 16.1 Å². The van der Waals surface area contributed by atoms with Gasteiger partial charge in [0.1, 0.15) is 11.3 Å². The zero-order valence-electron chi connectivity index (χ0n) is 14.2. The van der Waals surface area contributed by atoms with Crippen molar-refractivity contribution in [1.29, 1.82) is 0 Å². The van der Waals surface area contributed by atoms with Gasteiger partial charge in [-0.05, 0) is 29.8 Å². The predicted molar refractivity (Wildman–Crippen MR) is 101 cm³/mol. The molecule has 0 saturated carbocycles. The molecule has 0 atom stereocenters. The normalized spacial score (nSPS) is 11.2. The summed E-state index contributed by atoms with van der Waals surface area (Å²) in [5.41, 5.74) is 2.18. The fourth-order valence-corrected chi connectivity index (χ4v) is 3.20. The Kier molecular flexibility index (Phi) is 4.16. The number of fused-ring (bicyclic) bond motifs is 3. The summed E-state index contributed by atoms with van der Waals surface area (Å²) in [5.74, 6) is -0.900. The molecule has 4 aromatic rings. The largest absolute Gasteiger partial charge is 0.347 e. The fourth-order valence-electron chi connectivity index (χ4n) is 2.97. The average Bonchev–Trinajstić information content (AvgIpc) is 3.11. The van der Waals surface area contributed by atoms with Gasteiger partial charge in [-0.3, -0.25) is 9.59 Å². The molecule has 136 valence electrons. The van der Waals surface area contributed by atoms with Crippen LogP contribution in [0.4, 0.5) is 4.39 Å². The van der Waals surface area contributed by atoms with E-state index in [1.807, 2.05) is 24.3 Å². The average molecular weight is 385 g/mol. The summed E-state index contributed by atoms with van der Waals surface area (Å²) < 4.78 is 16.1. The summed E-state index contributed by atoms with van der Waals surface area (Å²) in [6.45, 7) is 0.116. The molecule has 0 radical (unpaired) electrons. The number of halogens is 2. The Labute approximate surface area is 157 Å². The van der Waals surface area contributed by atoms with Crippen molar-refractivity contribution in [3.05, 3.63) is 81.0 Å². The van der Waals surface area contributed by atoms with Gasteiger partial charge in [-0.25, -0.2) is 8.91 Å². The zero-order valence-corrected chi connectivity index (χ0v) is 15.0. The summed E-state index contributed by atoms with van der Waals surface area (Å²) in [5, 5.41) is 7.21. The summed E-state index contributed by atoms with van der Waals surface area (Å²) in [4.78, 5) is 25.0. The molecule has 2 aromatic heterocycles. The van der Waals surface area contributed by atoms with Crippen molar-refractivity contribution in [1.82, 2.24) is 19.5 Å². The number of rotatable bonds is 3. The number of carbonyl (C=O) groups is 1. The molecule has 0 saturated heterocycles. The second kappa shape index (κ2) is 6.51. The summed E-state index contributed by atoms with van der Waals surface area (Å²) in [6.07, 6.45) is 0. The molecule has 0 aliphatic rings. The number of nitrogens with zero attached hydrogens (tertiary/aromatic N) is 3. The first kappa shape index (κ1) is 17.2. The smallest absolute Gasteiger partial charge is 0.276 e. The Bertz CT molecular complexity index is 1260. The molecule has 2 heterocycles. The maximum atomic E-state index is 13.1. The van der Waals surface area contributed by atoms with Gasteiger partial charge in [0.15, 0.2) is 5.69 Å². The van der Waals surface area contributed by atoms with Crippen LogP contribution >= 0.6 is 11.6 Å². The van der Waals surface area contributed by atoms with E-state index >= 15 is 0 Å². The molecule has 0 bridgehead atoms. The van der Waals surface area contributed by atoms with E-state index in [9.17, 15) is 14.0 Å². The Morgan fingerprint density at radius 2 is 1.89 bits per heavy atom. The molecular formula is C19H14ClFN4O2. The lowest BCUT2D eigenvalue weighted by molar-refractivity contribution is 0.0945. The van der Waals surface area contributed by atoms with Gasteiger partial charge in [0.25, 0.3) is 11.5 Å². The van der Waals surface area contributed by atoms with Crippen molar-refractivity contribution in [3.63, 3.8) is 0 Å². The minimum absolute atomic E-state index is 0.113. The lowest BCUT2D eigenvalue weighted by Crippen LogP contribution is -2.23. The van der Waals surface area contributed by atoms with Crippen molar-refractivity contribution < 1.29 is 9.18 Å². The number of hydrogen-bond acceptors (Lipinski definition) is 3. The monoisotopic (exact) mass is 384 g/mol. The topological polar surface area (TPSA) is 68.4 Å². The molecule has 1 amide bonds. The molecule has 6 nitrogen and oxygen atoms in total. The molecule has 0 unspecified atom stereocenters. The number of para-hydroxylation sites is 2. The van der Waals surface area contributed by atoms with Crippen molar-refractivity contribution in [2.24, 2.45) is 7.05 Å². The van der Waals surface area contributed by atoms with Gasteiger partial charge >= 0.3 is 0 Å². The van der Waals surface area contributed by atoms with Crippen LogP contribution in [0.3, 0.4) is 0 Å². The highest BCUT2D eigenvalue weighted by molar-refractivity contribution is 6.31. The van der Waals surface area contributed by atoms with E-state index < -0.39 is 11.7 Å². The van der Waals surface area contributed by atoms with Crippen LogP contribution in [0.2, 0.25) is 5.02 Å². The Morgan fingerprint density at radius 3 is 2.63 bits per heavy atom. The first-order chi connectivity index (χ1) is 13.0. The lowest BCUT2D eigenvalue weighted by atomic mass is 10.2. The molecular weight excluding hydrogens is 371 g/mol. The van der Waals surface area contributed by atoms with E-state index in [1.165, 1.54) is 33.3 Å². The Morgan fingerprint density at radius 1 is 1.15 bits per heavy atom. The number of amides is 1. The van der Waals surface area contributed by atoms with E-state index in [2.05, 4.69) is 10.4 Å². The highest BCUT2D eigenvalue weighted by atomic mass is 35.5. The van der Waals surface area contributed by atoms with E-state index in [0.717, 1.165) is 5.52 Å². The summed E-state index contributed by atoms with van der Waals surface area (Å²) in [6, 6.07) is 12.7. The van der Waals surface area contributed by atoms with Crippen LogP contribution in [-0.2, 0) is 13.6 Å². The van der Waals surface area contributed by atoms with Crippen molar-refractivity contribution in [3.8, 4) is 0 Å². The fraction of sp³-hybridized carbons (Fsp3) is 0.105. The van der Waals surface area contributed by atoms with Crippen LogP contribution in [0.5, 0.6) is 0 Å². The number of hydrogen-bond donors (Lipinski definition) is 1. The van der Waals surface area contributed by atoms with E-state index in [4.69, 9.17) is 11.6 Å². The zero-order chi connectivity index (χ0) is 19.1. The minimum Gasteiger partial charge on any atom is -0.347 e. The lowest BCUT2D eigenvalue weighted by Gasteiger charge is -2.06. The Hall–Kier alpha value is -3.19. The maximum absolute atomic E-state index is 13.1. The third-order valence-corrected chi connectivity index (χ3v) is 4.74. The van der Waals surface area contributed by atoms with Gasteiger partial charge in [0.05, 0.1) is 11.0 Å². The second-order valence-corrected chi connectivity index (χ2v) is 6.51. The van der Waals surface area contributed by atoms with Crippen LogP contribution in [0.15, 0.2) is 53.3 Å². The third-order valence-electron chi connectivity index (χ3n) is 4.39. The molecule has 0 aliphatic heterocycles. The second-order valence-electron chi connectivity index (χ2n) is 6.10. The van der Waals surface area contributed by atoms with Gasteiger partial charge in [0, 0.05) is 24.7 Å². The molecule has 0 fully saturated rings. The van der Waals surface area contributed by atoms with Crippen LogP contribution in [0.25, 0.3) is 16.6 Å². The number of benzene rings is 2. The predicted octanol–water partition coefficient (Wildman–Crippen LogP) is 2.91. The molecule has 1 N–H and O–H groups in total. The molecule has 0 spiro atoms. The minimum atomic E-state index is -0.453. The van der Waals surface area contributed by atoms with Crippen LogP contribution < -0.4 is 10.9 Å². The van der Waals surface area contributed by atoms with Gasteiger partial charge in [0.2, 0.25) is 0 Å². The number of nitrogens with one attached hydrogen (secondary N) is 1. The van der Waals surface area contributed by atoms with Crippen molar-refractivity contribution in [2.75, 3.05) is 0 Å². The molecule has 2 aromatic carbocycles. The standard InChI is InChI=1S/C19H14ClFN4O2/c1-24-15-4-2-3-5-16(15)25-17(19(24)27)9-14(23-25)18(26)22-10-11-6-7-12(21)8-13(11)20/h2-9H,10H2,1H3,(H,22,26). The SMILES string of the molecule is Cn1c(=O)c2cc(C(=O)NCc3ccc(F)cc3Cl)nn2c2ccccc21. The number of aromatic nitrogens is 3. The molecule has 8 heteroatoms. The molecule has 4 rings (SSSR count). The number of carbonyl (C=O) groups excluding carboxylic acids is 1. The van der Waals surface area contributed by atoms with Gasteiger partial charge in [-0.15, -0.1) is 0 Å². The van der Waals surface area contributed by atoms with Gasteiger partial charge in [-0.2, -0.15) is 5.10 Å². The van der Waals surface area contributed by atoms with Gasteiger partial charge in [-0.1, -0.05) is 29.8 Å².